The summed E-state index contributed by atoms with van der Waals surface area (Å²) in [7, 11) is 1.53. The van der Waals surface area contributed by atoms with Crippen molar-refractivity contribution in [3.8, 4) is 5.75 Å². The lowest BCUT2D eigenvalue weighted by atomic mass is 9.98. The minimum absolute atomic E-state index is 0.0608. The number of hydrogen-bond donors (Lipinski definition) is 3. The number of hydrogen-bond acceptors (Lipinski definition) is 10. The van der Waals surface area contributed by atoms with Crippen molar-refractivity contribution in [1.29, 1.82) is 0 Å². The standard InChI is InChI=1S/C44H46N4O10/c1-54-40-24-22-33(23-25-40)26-38(47(43(52)57-31-36-18-10-4-11-19-36)45-41(50)55-29-34-14-6-2-7-15-34)27-39(28-49)48(44(53)58-32-37-20-12-5-13-21-37)46-42(51)56-30-35-16-8-3-9-17-35/h2-25,38-39,49H,26-32H2,1H3,(H,45,50)(H,46,51)/t38-,39-/m1/s1. The molecule has 302 valence electrons. The Labute approximate surface area is 336 Å². The van der Waals surface area contributed by atoms with E-state index >= 15 is 0 Å². The number of aliphatic hydroxyl groups is 1. The zero-order valence-electron chi connectivity index (χ0n) is 32.0. The topological polar surface area (TPSA) is 165 Å². The number of benzene rings is 5. The van der Waals surface area contributed by atoms with Gasteiger partial charge in [-0.05, 0) is 52.8 Å². The highest BCUT2D eigenvalue weighted by molar-refractivity contribution is 5.75. The molecule has 0 aliphatic rings. The lowest BCUT2D eigenvalue weighted by Gasteiger charge is -2.36. The van der Waals surface area contributed by atoms with Crippen molar-refractivity contribution in [2.75, 3.05) is 13.7 Å². The quantitative estimate of drug-likeness (QED) is 0.0682. The molecule has 2 atom stereocenters. The van der Waals surface area contributed by atoms with Crippen LogP contribution in [0.4, 0.5) is 19.2 Å². The van der Waals surface area contributed by atoms with E-state index in [1.807, 2.05) is 24.3 Å². The lowest BCUT2D eigenvalue weighted by molar-refractivity contribution is 0.0103. The first-order chi connectivity index (χ1) is 28.3. The summed E-state index contributed by atoms with van der Waals surface area (Å²) in [6.07, 6.45) is -4.12. The van der Waals surface area contributed by atoms with Crippen LogP contribution in [0, 0.1) is 0 Å². The molecule has 0 aliphatic heterocycles. The minimum Gasteiger partial charge on any atom is -0.497 e. The zero-order chi connectivity index (χ0) is 41.0. The van der Waals surface area contributed by atoms with E-state index in [-0.39, 0.29) is 39.3 Å². The summed E-state index contributed by atoms with van der Waals surface area (Å²) in [5, 5.41) is 12.7. The van der Waals surface area contributed by atoms with E-state index in [1.54, 1.807) is 121 Å². The van der Waals surface area contributed by atoms with E-state index in [0.29, 0.717) is 33.6 Å². The summed E-state index contributed by atoms with van der Waals surface area (Å²) in [5.41, 5.74) is 8.42. The van der Waals surface area contributed by atoms with Crippen LogP contribution in [0.5, 0.6) is 5.75 Å². The van der Waals surface area contributed by atoms with Crippen molar-refractivity contribution in [2.24, 2.45) is 0 Å². The number of carbonyl (C=O) groups is 4. The maximum absolute atomic E-state index is 14.0. The minimum atomic E-state index is -1.25. The predicted molar refractivity (Wildman–Crippen MR) is 212 cm³/mol. The molecular weight excluding hydrogens is 745 g/mol. The van der Waals surface area contributed by atoms with Crippen molar-refractivity contribution in [2.45, 2.75) is 51.4 Å². The molecule has 0 radical (unpaired) electrons. The number of nitrogens with one attached hydrogen (secondary N) is 2. The van der Waals surface area contributed by atoms with Gasteiger partial charge in [-0.25, -0.2) is 40.0 Å². The second-order valence-electron chi connectivity index (χ2n) is 12.9. The van der Waals surface area contributed by atoms with Gasteiger partial charge in [-0.1, -0.05) is 133 Å². The van der Waals surface area contributed by atoms with Gasteiger partial charge in [-0.3, -0.25) is 0 Å². The smallest absolute Gasteiger partial charge is 0.429 e. The molecular formula is C44H46N4O10. The first kappa shape index (κ1) is 42.1. The van der Waals surface area contributed by atoms with E-state index in [9.17, 15) is 24.3 Å². The molecule has 0 spiro atoms. The van der Waals surface area contributed by atoms with Crippen molar-refractivity contribution >= 4 is 24.4 Å². The van der Waals surface area contributed by atoms with Gasteiger partial charge in [0.15, 0.2) is 0 Å². The fraction of sp³-hybridized carbons (Fsp3) is 0.227. The normalized spacial score (nSPS) is 11.6. The van der Waals surface area contributed by atoms with Crippen molar-refractivity contribution in [3.05, 3.63) is 173 Å². The Morgan fingerprint density at radius 1 is 0.500 bits per heavy atom. The number of aliphatic hydroxyl groups excluding tert-OH is 1. The summed E-state index contributed by atoms with van der Waals surface area (Å²) in [6, 6.07) is 40.5. The van der Waals surface area contributed by atoms with Crippen LogP contribution < -0.4 is 15.6 Å². The van der Waals surface area contributed by atoms with Gasteiger partial charge in [0.2, 0.25) is 0 Å². The Hall–Kier alpha value is -7.06. The summed E-state index contributed by atoms with van der Waals surface area (Å²) in [4.78, 5) is 54.5. The van der Waals surface area contributed by atoms with Crippen LogP contribution in [0.2, 0.25) is 0 Å². The molecule has 3 N–H and O–H groups in total. The summed E-state index contributed by atoms with van der Waals surface area (Å²) >= 11 is 0. The van der Waals surface area contributed by atoms with Gasteiger partial charge in [0.25, 0.3) is 0 Å². The summed E-state index contributed by atoms with van der Waals surface area (Å²) in [5.74, 6) is 0.584. The number of amides is 4. The molecule has 0 saturated carbocycles. The number of rotatable bonds is 16. The molecule has 0 aromatic heterocycles. The van der Waals surface area contributed by atoms with E-state index in [4.69, 9.17) is 23.7 Å². The molecule has 58 heavy (non-hydrogen) atoms. The third kappa shape index (κ3) is 13.6. The number of hydrazine groups is 2. The molecule has 0 unspecified atom stereocenters. The Kier molecular flexibility index (Phi) is 16.3. The molecule has 0 saturated heterocycles. The van der Waals surface area contributed by atoms with Gasteiger partial charge in [-0.2, -0.15) is 0 Å². The first-order valence-corrected chi connectivity index (χ1v) is 18.5. The third-order valence-electron chi connectivity index (χ3n) is 8.77. The zero-order valence-corrected chi connectivity index (χ0v) is 32.0. The highest BCUT2D eigenvalue weighted by atomic mass is 16.6. The second-order valence-corrected chi connectivity index (χ2v) is 12.9. The lowest BCUT2D eigenvalue weighted by Crippen LogP contribution is -2.58. The van der Waals surface area contributed by atoms with Gasteiger partial charge < -0.3 is 28.8 Å². The molecule has 4 amide bonds. The van der Waals surface area contributed by atoms with Crippen molar-refractivity contribution in [1.82, 2.24) is 20.9 Å². The molecule has 5 rings (SSSR count). The number of methoxy groups -OCH3 is 1. The van der Waals surface area contributed by atoms with Crippen LogP contribution in [0.15, 0.2) is 146 Å². The van der Waals surface area contributed by atoms with Gasteiger partial charge in [0, 0.05) is 0 Å². The van der Waals surface area contributed by atoms with Crippen LogP contribution in [0.1, 0.15) is 34.2 Å². The van der Waals surface area contributed by atoms with E-state index in [1.165, 1.54) is 7.11 Å². The van der Waals surface area contributed by atoms with Gasteiger partial charge in [0.05, 0.1) is 25.8 Å². The maximum Gasteiger partial charge on any atom is 0.429 e. The Morgan fingerprint density at radius 2 is 0.862 bits per heavy atom. The second kappa shape index (κ2) is 22.5. The molecule has 14 nitrogen and oxygen atoms in total. The molecule has 0 fully saturated rings. The summed E-state index contributed by atoms with van der Waals surface area (Å²) < 4.78 is 27.5. The van der Waals surface area contributed by atoms with Gasteiger partial charge in [-0.15, -0.1) is 0 Å². The SMILES string of the molecule is COc1ccc(C[C@H](C[C@H](CO)N(NC(=O)OCc2ccccc2)C(=O)OCc2ccccc2)N(NC(=O)OCc2ccccc2)C(=O)OCc2ccccc2)cc1. The average molecular weight is 791 g/mol. The molecule has 5 aromatic carbocycles. The van der Waals surface area contributed by atoms with E-state index in [2.05, 4.69) is 10.9 Å². The largest absolute Gasteiger partial charge is 0.497 e. The monoisotopic (exact) mass is 790 g/mol. The van der Waals surface area contributed by atoms with Crippen LogP contribution in [0.3, 0.4) is 0 Å². The molecule has 0 bridgehead atoms. The van der Waals surface area contributed by atoms with Crippen LogP contribution in [-0.4, -0.2) is 65.3 Å². The van der Waals surface area contributed by atoms with E-state index < -0.39 is 43.1 Å². The molecule has 14 heteroatoms. The predicted octanol–water partition coefficient (Wildman–Crippen LogP) is 7.32. The first-order valence-electron chi connectivity index (χ1n) is 18.5. The van der Waals surface area contributed by atoms with Crippen LogP contribution >= 0.6 is 0 Å². The molecule has 0 heterocycles. The number of ether oxygens (including phenoxy) is 5. The molecule has 5 aromatic rings. The fourth-order valence-electron chi connectivity index (χ4n) is 5.75. The third-order valence-corrected chi connectivity index (χ3v) is 8.77. The Morgan fingerprint density at radius 3 is 1.22 bits per heavy atom. The Balaban J connectivity index is 1.45. The Bertz CT molecular complexity index is 2010. The maximum atomic E-state index is 14.0. The molecule has 0 aliphatic carbocycles. The number of carbonyl (C=O) groups excluding carboxylic acids is 4. The van der Waals surface area contributed by atoms with Crippen molar-refractivity contribution in [3.63, 3.8) is 0 Å². The number of nitrogens with zero attached hydrogens (tertiary/aromatic N) is 2. The van der Waals surface area contributed by atoms with Crippen molar-refractivity contribution < 1.29 is 48.0 Å². The van der Waals surface area contributed by atoms with E-state index in [0.717, 1.165) is 10.0 Å². The van der Waals surface area contributed by atoms with Crippen LogP contribution in [0.25, 0.3) is 0 Å². The highest BCUT2D eigenvalue weighted by Crippen LogP contribution is 2.21. The fourth-order valence-corrected chi connectivity index (χ4v) is 5.75. The van der Waals surface area contributed by atoms with Gasteiger partial charge in [0.1, 0.15) is 32.2 Å². The van der Waals surface area contributed by atoms with Crippen LogP contribution in [-0.2, 0) is 51.8 Å². The van der Waals surface area contributed by atoms with Gasteiger partial charge >= 0.3 is 24.4 Å². The highest BCUT2D eigenvalue weighted by Gasteiger charge is 2.35. The average Bonchev–Trinajstić information content (AvgIpc) is 3.27. The summed E-state index contributed by atoms with van der Waals surface area (Å²) in [6.45, 7) is -1.22.